The lowest BCUT2D eigenvalue weighted by Crippen LogP contribution is -2.22. The summed E-state index contributed by atoms with van der Waals surface area (Å²) >= 11 is 0. The quantitative estimate of drug-likeness (QED) is 0.382. The van der Waals surface area contributed by atoms with Crippen molar-refractivity contribution in [1.29, 1.82) is 0 Å². The fourth-order valence-corrected chi connectivity index (χ4v) is 4.83. The number of aryl methyl sites for hydroxylation is 1. The molecule has 1 atom stereocenters. The van der Waals surface area contributed by atoms with Crippen LogP contribution < -0.4 is 4.74 Å². The van der Waals surface area contributed by atoms with Crippen molar-refractivity contribution in [1.82, 2.24) is 9.97 Å². The fraction of sp³-hybridized carbons (Fsp3) is 0.333. The number of hydrogen-bond donors (Lipinski definition) is 0. The van der Waals surface area contributed by atoms with Crippen LogP contribution in [0, 0.1) is 6.92 Å². The van der Waals surface area contributed by atoms with Crippen molar-refractivity contribution in [2.45, 2.75) is 52.7 Å². The zero-order valence-electron chi connectivity index (χ0n) is 18.8. The van der Waals surface area contributed by atoms with Gasteiger partial charge < -0.3 is 9.47 Å². The number of ether oxygens (including phenoxy) is 2. The molecule has 1 aliphatic heterocycles. The Hall–Kier alpha value is -2.98. The molecular formula is C27H28N2O2. The zero-order valence-corrected chi connectivity index (χ0v) is 18.8. The standard InChI is InChI=1S/C27H28N2O2/c1-16-23(17(2)31-27(3,4)5)25(19-8-6-7-9-21(19)29-16)20-10-11-22-24-18(13-15-30-22)12-14-28-26(20)24/h6-12,14,17H,13,15H2,1-5H3/t17-/m1/s1. The second kappa shape index (κ2) is 7.31. The molecule has 3 heterocycles. The van der Waals surface area contributed by atoms with Gasteiger partial charge in [-0.2, -0.15) is 0 Å². The van der Waals surface area contributed by atoms with E-state index in [-0.39, 0.29) is 11.7 Å². The molecule has 4 heteroatoms. The molecule has 0 unspecified atom stereocenters. The fourth-order valence-electron chi connectivity index (χ4n) is 4.83. The van der Waals surface area contributed by atoms with Gasteiger partial charge in [-0.05, 0) is 64.4 Å². The average molecular weight is 413 g/mol. The van der Waals surface area contributed by atoms with Gasteiger partial charge in [-0.15, -0.1) is 0 Å². The largest absolute Gasteiger partial charge is 0.493 e. The zero-order chi connectivity index (χ0) is 21.8. The van der Waals surface area contributed by atoms with E-state index in [0.29, 0.717) is 6.61 Å². The summed E-state index contributed by atoms with van der Waals surface area (Å²) in [6.07, 6.45) is 2.71. The van der Waals surface area contributed by atoms with Crippen molar-refractivity contribution < 1.29 is 9.47 Å². The van der Waals surface area contributed by atoms with Crippen LogP contribution in [0.25, 0.3) is 32.9 Å². The van der Waals surface area contributed by atoms with E-state index < -0.39 is 0 Å². The summed E-state index contributed by atoms with van der Waals surface area (Å²) in [5.74, 6) is 0.920. The molecule has 4 aromatic rings. The Morgan fingerprint density at radius 1 is 1.06 bits per heavy atom. The summed E-state index contributed by atoms with van der Waals surface area (Å²) < 4.78 is 12.4. The molecule has 0 saturated carbocycles. The number of aromatic nitrogens is 2. The van der Waals surface area contributed by atoms with Gasteiger partial charge in [0.25, 0.3) is 0 Å². The minimum Gasteiger partial charge on any atom is -0.493 e. The Morgan fingerprint density at radius 2 is 1.87 bits per heavy atom. The lowest BCUT2D eigenvalue weighted by molar-refractivity contribution is -0.0530. The van der Waals surface area contributed by atoms with Gasteiger partial charge in [0, 0.05) is 45.8 Å². The van der Waals surface area contributed by atoms with E-state index in [1.54, 1.807) is 0 Å². The van der Waals surface area contributed by atoms with E-state index in [0.717, 1.165) is 56.4 Å². The predicted octanol–water partition coefficient (Wildman–Crippen LogP) is 6.57. The van der Waals surface area contributed by atoms with Crippen molar-refractivity contribution in [2.75, 3.05) is 6.61 Å². The number of fused-ring (bicyclic) bond motifs is 1. The average Bonchev–Trinajstić information content (AvgIpc) is 2.72. The highest BCUT2D eigenvalue weighted by Crippen LogP contribution is 2.44. The Morgan fingerprint density at radius 3 is 2.68 bits per heavy atom. The van der Waals surface area contributed by atoms with Gasteiger partial charge >= 0.3 is 0 Å². The smallest absolute Gasteiger partial charge is 0.129 e. The number of rotatable bonds is 3. The third-order valence-electron chi connectivity index (χ3n) is 5.90. The summed E-state index contributed by atoms with van der Waals surface area (Å²) in [6, 6.07) is 14.7. The molecule has 2 aromatic carbocycles. The molecule has 158 valence electrons. The number of nitrogens with zero attached hydrogens (tertiary/aromatic N) is 2. The van der Waals surface area contributed by atoms with E-state index in [2.05, 4.69) is 71.0 Å². The third-order valence-corrected chi connectivity index (χ3v) is 5.90. The molecule has 31 heavy (non-hydrogen) atoms. The highest BCUT2D eigenvalue weighted by Gasteiger charge is 2.26. The SMILES string of the molecule is Cc1nc2ccccc2c(-c2ccc3c4c(ccnc24)CCO3)c1[C@@H](C)OC(C)(C)C. The Bertz CT molecular complexity index is 1290. The molecule has 0 saturated heterocycles. The summed E-state index contributed by atoms with van der Waals surface area (Å²) in [6.45, 7) is 11.2. The summed E-state index contributed by atoms with van der Waals surface area (Å²) in [5.41, 5.74) is 7.36. The lowest BCUT2D eigenvalue weighted by atomic mass is 9.89. The first kappa shape index (κ1) is 20.0. The van der Waals surface area contributed by atoms with Crippen LogP contribution in [-0.2, 0) is 11.2 Å². The van der Waals surface area contributed by atoms with Gasteiger partial charge in [-0.25, -0.2) is 0 Å². The maximum absolute atomic E-state index is 6.42. The van der Waals surface area contributed by atoms with Gasteiger partial charge in [0.1, 0.15) is 5.75 Å². The van der Waals surface area contributed by atoms with Crippen molar-refractivity contribution in [3.8, 4) is 16.9 Å². The van der Waals surface area contributed by atoms with Crippen molar-refractivity contribution in [2.24, 2.45) is 0 Å². The molecule has 0 spiro atoms. The maximum atomic E-state index is 6.42. The molecule has 0 aliphatic carbocycles. The predicted molar refractivity (Wildman–Crippen MR) is 126 cm³/mol. The Labute approximate surface area is 183 Å². The third kappa shape index (κ3) is 3.45. The molecule has 0 radical (unpaired) electrons. The van der Waals surface area contributed by atoms with Crippen LogP contribution in [-0.4, -0.2) is 22.2 Å². The van der Waals surface area contributed by atoms with E-state index >= 15 is 0 Å². The van der Waals surface area contributed by atoms with Crippen LogP contribution in [0.5, 0.6) is 5.75 Å². The molecular weight excluding hydrogens is 384 g/mol. The van der Waals surface area contributed by atoms with Crippen LogP contribution in [0.15, 0.2) is 48.7 Å². The Kier molecular flexibility index (Phi) is 4.71. The monoisotopic (exact) mass is 412 g/mol. The van der Waals surface area contributed by atoms with Gasteiger partial charge in [0.2, 0.25) is 0 Å². The Balaban J connectivity index is 1.87. The molecule has 0 amide bonds. The first-order valence-electron chi connectivity index (χ1n) is 10.9. The highest BCUT2D eigenvalue weighted by molar-refractivity contribution is 6.07. The van der Waals surface area contributed by atoms with Crippen LogP contribution in [0.1, 0.15) is 50.6 Å². The normalized spacial score (nSPS) is 14.6. The number of benzene rings is 2. The molecule has 0 fully saturated rings. The second-order valence-electron chi connectivity index (χ2n) is 9.28. The van der Waals surface area contributed by atoms with Gasteiger partial charge in [0.15, 0.2) is 0 Å². The summed E-state index contributed by atoms with van der Waals surface area (Å²) in [7, 11) is 0. The van der Waals surface area contributed by atoms with E-state index in [4.69, 9.17) is 19.4 Å². The summed E-state index contributed by atoms with van der Waals surface area (Å²) in [5, 5.41) is 2.24. The molecule has 1 aliphatic rings. The maximum Gasteiger partial charge on any atom is 0.129 e. The van der Waals surface area contributed by atoms with E-state index in [9.17, 15) is 0 Å². The first-order chi connectivity index (χ1) is 14.8. The number of para-hydroxylation sites is 1. The molecule has 0 N–H and O–H groups in total. The molecule has 4 nitrogen and oxygen atoms in total. The van der Waals surface area contributed by atoms with Crippen LogP contribution in [0.4, 0.5) is 0 Å². The topological polar surface area (TPSA) is 44.2 Å². The first-order valence-corrected chi connectivity index (χ1v) is 10.9. The summed E-state index contributed by atoms with van der Waals surface area (Å²) in [4.78, 5) is 9.76. The van der Waals surface area contributed by atoms with Crippen LogP contribution in [0.3, 0.4) is 0 Å². The van der Waals surface area contributed by atoms with Crippen molar-refractivity contribution in [3.05, 3.63) is 65.5 Å². The van der Waals surface area contributed by atoms with Gasteiger partial charge in [-0.1, -0.05) is 18.2 Å². The van der Waals surface area contributed by atoms with E-state index in [1.165, 1.54) is 5.56 Å². The van der Waals surface area contributed by atoms with Gasteiger partial charge in [-0.3, -0.25) is 9.97 Å². The number of pyridine rings is 2. The minimum atomic E-state index is -0.263. The highest BCUT2D eigenvalue weighted by atomic mass is 16.5. The lowest BCUT2D eigenvalue weighted by Gasteiger charge is -2.29. The van der Waals surface area contributed by atoms with Gasteiger partial charge in [0.05, 0.1) is 29.3 Å². The molecule has 2 aromatic heterocycles. The minimum absolute atomic E-state index is 0.117. The molecule has 5 rings (SSSR count). The van der Waals surface area contributed by atoms with Crippen molar-refractivity contribution >= 4 is 21.8 Å². The second-order valence-corrected chi connectivity index (χ2v) is 9.28. The molecule has 0 bridgehead atoms. The van der Waals surface area contributed by atoms with Crippen molar-refractivity contribution in [3.63, 3.8) is 0 Å². The van der Waals surface area contributed by atoms with E-state index in [1.807, 2.05) is 12.3 Å². The van der Waals surface area contributed by atoms with Crippen LogP contribution in [0.2, 0.25) is 0 Å². The number of hydrogen-bond acceptors (Lipinski definition) is 4. The van der Waals surface area contributed by atoms with Crippen LogP contribution >= 0.6 is 0 Å².